The molecule has 5 aromatic rings. The van der Waals surface area contributed by atoms with Crippen molar-refractivity contribution < 1.29 is 17.6 Å². The molecule has 0 aliphatic heterocycles. The van der Waals surface area contributed by atoms with Crippen molar-refractivity contribution in [3.8, 4) is 33.6 Å². The van der Waals surface area contributed by atoms with E-state index in [1.165, 1.54) is 30.6 Å². The van der Waals surface area contributed by atoms with Crippen molar-refractivity contribution in [2.75, 3.05) is 0 Å². The number of nitrogens with one attached hydrogen (secondary N) is 1. The van der Waals surface area contributed by atoms with Crippen molar-refractivity contribution in [2.24, 2.45) is 0 Å². The van der Waals surface area contributed by atoms with Gasteiger partial charge < -0.3 is 0 Å². The highest BCUT2D eigenvalue weighted by molar-refractivity contribution is 5.81. The van der Waals surface area contributed by atoms with E-state index in [-0.39, 0.29) is 11.3 Å². The van der Waals surface area contributed by atoms with Gasteiger partial charge in [-0.15, -0.1) is 0 Å². The van der Waals surface area contributed by atoms with Gasteiger partial charge in [0.2, 0.25) is 0 Å². The molecule has 0 bridgehead atoms. The molecule has 30 heavy (non-hydrogen) atoms. The Labute approximate surface area is 167 Å². The van der Waals surface area contributed by atoms with Crippen molar-refractivity contribution >= 4 is 5.65 Å². The first-order valence-electron chi connectivity index (χ1n) is 8.93. The van der Waals surface area contributed by atoms with Gasteiger partial charge in [0.05, 0.1) is 17.5 Å². The number of fused-ring (bicyclic) bond motifs is 1. The van der Waals surface area contributed by atoms with Crippen LogP contribution in [0.3, 0.4) is 0 Å². The number of pyridine rings is 1. The third kappa shape index (κ3) is 2.93. The second-order valence-electron chi connectivity index (χ2n) is 6.69. The van der Waals surface area contributed by atoms with Gasteiger partial charge in [0.1, 0.15) is 34.6 Å². The maximum atomic E-state index is 14.3. The molecular weight excluding hydrogens is 396 g/mol. The number of benzene rings is 2. The van der Waals surface area contributed by atoms with E-state index in [4.69, 9.17) is 0 Å². The first-order valence-corrected chi connectivity index (χ1v) is 8.93. The van der Waals surface area contributed by atoms with Gasteiger partial charge in [-0.2, -0.15) is 5.10 Å². The predicted molar refractivity (Wildman–Crippen MR) is 103 cm³/mol. The van der Waals surface area contributed by atoms with Crippen LogP contribution >= 0.6 is 0 Å². The number of hydrogen-bond acceptors (Lipinski definition) is 2. The van der Waals surface area contributed by atoms with Gasteiger partial charge in [-0.25, -0.2) is 22.5 Å². The van der Waals surface area contributed by atoms with Crippen LogP contribution < -0.4 is 0 Å². The fourth-order valence-corrected chi connectivity index (χ4v) is 3.48. The van der Waals surface area contributed by atoms with Crippen molar-refractivity contribution in [3.63, 3.8) is 0 Å². The maximum Gasteiger partial charge on any atom is 0.137 e. The number of nitrogens with zero attached hydrogens (tertiary/aromatic N) is 3. The largest absolute Gasteiger partial charge is 0.299 e. The highest BCUT2D eigenvalue weighted by Crippen LogP contribution is 2.34. The zero-order chi connectivity index (χ0) is 20.8. The fraction of sp³-hybridized carbons (Fsp3) is 0. The molecule has 0 unspecified atom stereocenters. The first-order chi connectivity index (χ1) is 14.5. The minimum atomic E-state index is -0.733. The van der Waals surface area contributed by atoms with E-state index in [1.54, 1.807) is 22.7 Å². The molecular formula is C22H12F4N4. The van der Waals surface area contributed by atoms with Gasteiger partial charge in [0.25, 0.3) is 0 Å². The van der Waals surface area contributed by atoms with Crippen LogP contribution in [0.1, 0.15) is 0 Å². The molecule has 0 amide bonds. The second-order valence-corrected chi connectivity index (χ2v) is 6.69. The van der Waals surface area contributed by atoms with E-state index in [2.05, 4.69) is 15.2 Å². The average Bonchev–Trinajstić information content (AvgIpc) is 3.33. The van der Waals surface area contributed by atoms with Crippen LogP contribution in [0.4, 0.5) is 17.6 Å². The van der Waals surface area contributed by atoms with E-state index in [0.717, 1.165) is 18.2 Å². The summed E-state index contributed by atoms with van der Waals surface area (Å²) in [7, 11) is 0. The van der Waals surface area contributed by atoms with Crippen LogP contribution in [0.25, 0.3) is 39.3 Å². The van der Waals surface area contributed by atoms with Gasteiger partial charge in [-0.05, 0) is 36.4 Å². The Kier molecular flexibility index (Phi) is 4.13. The summed E-state index contributed by atoms with van der Waals surface area (Å²) >= 11 is 0. The monoisotopic (exact) mass is 408 g/mol. The number of hydrogen-bond donors (Lipinski definition) is 1. The summed E-state index contributed by atoms with van der Waals surface area (Å²) in [6.45, 7) is 0. The van der Waals surface area contributed by atoms with Crippen LogP contribution in [0.5, 0.6) is 0 Å². The van der Waals surface area contributed by atoms with Crippen molar-refractivity contribution in [1.29, 1.82) is 0 Å². The van der Waals surface area contributed by atoms with E-state index < -0.39 is 23.3 Å². The Balaban J connectivity index is 1.69. The van der Waals surface area contributed by atoms with Crippen molar-refractivity contribution in [3.05, 3.63) is 90.4 Å². The summed E-state index contributed by atoms with van der Waals surface area (Å²) in [6.07, 6.45) is 4.70. The lowest BCUT2D eigenvalue weighted by atomic mass is 10.0. The second kappa shape index (κ2) is 6.84. The van der Waals surface area contributed by atoms with Crippen LogP contribution in [0, 0.1) is 23.3 Å². The molecule has 0 atom stereocenters. The molecule has 0 saturated carbocycles. The Morgan fingerprint density at radius 1 is 0.833 bits per heavy atom. The number of imidazole rings is 1. The van der Waals surface area contributed by atoms with Crippen molar-refractivity contribution in [2.45, 2.75) is 0 Å². The quantitative estimate of drug-likeness (QED) is 0.394. The van der Waals surface area contributed by atoms with E-state index in [1.807, 2.05) is 0 Å². The maximum absolute atomic E-state index is 14.3. The van der Waals surface area contributed by atoms with Crippen LogP contribution in [0.2, 0.25) is 0 Å². The molecule has 5 rings (SSSR count). The number of H-pyrrole nitrogens is 1. The molecule has 4 nitrogen and oxygen atoms in total. The van der Waals surface area contributed by atoms with Gasteiger partial charge in [-0.3, -0.25) is 9.50 Å². The lowest BCUT2D eigenvalue weighted by Gasteiger charge is -2.08. The lowest BCUT2D eigenvalue weighted by molar-refractivity contribution is 0.584. The van der Waals surface area contributed by atoms with Crippen LogP contribution in [-0.4, -0.2) is 19.6 Å². The molecule has 3 aromatic heterocycles. The number of aromatic nitrogens is 4. The van der Waals surface area contributed by atoms with Crippen molar-refractivity contribution in [1.82, 2.24) is 19.6 Å². The minimum Gasteiger partial charge on any atom is -0.299 e. The molecule has 3 heterocycles. The summed E-state index contributed by atoms with van der Waals surface area (Å²) in [5.74, 6) is -2.88. The Morgan fingerprint density at radius 2 is 1.57 bits per heavy atom. The molecule has 148 valence electrons. The normalized spacial score (nSPS) is 11.3. The number of halogens is 4. The van der Waals surface area contributed by atoms with E-state index in [0.29, 0.717) is 28.0 Å². The number of rotatable bonds is 3. The number of aromatic amines is 1. The SMILES string of the molecule is Fc1cc(F)cc(-c2cnc3ccc(-c4c[nH]nc4-c4c(F)cccc4F)cn23)c1. The Hall–Kier alpha value is -3.94. The molecule has 8 heteroatoms. The fourth-order valence-electron chi connectivity index (χ4n) is 3.48. The summed E-state index contributed by atoms with van der Waals surface area (Å²) in [5, 5.41) is 6.67. The first kappa shape index (κ1) is 18.1. The van der Waals surface area contributed by atoms with Gasteiger partial charge in [0.15, 0.2) is 0 Å². The molecule has 0 fully saturated rings. The molecule has 0 spiro atoms. The highest BCUT2D eigenvalue weighted by atomic mass is 19.1. The van der Waals surface area contributed by atoms with Gasteiger partial charge >= 0.3 is 0 Å². The summed E-state index contributed by atoms with van der Waals surface area (Å²) in [4.78, 5) is 4.26. The molecule has 0 aliphatic rings. The molecule has 2 aromatic carbocycles. The predicted octanol–water partition coefficient (Wildman–Crippen LogP) is 5.61. The van der Waals surface area contributed by atoms with Crippen LogP contribution in [0.15, 0.2) is 67.1 Å². The Morgan fingerprint density at radius 3 is 2.30 bits per heavy atom. The van der Waals surface area contributed by atoms with Crippen LogP contribution in [-0.2, 0) is 0 Å². The highest BCUT2D eigenvalue weighted by Gasteiger charge is 2.19. The smallest absolute Gasteiger partial charge is 0.137 e. The molecule has 0 aliphatic carbocycles. The summed E-state index contributed by atoms with van der Waals surface area (Å²) in [5.41, 5.74) is 2.24. The van der Waals surface area contributed by atoms with Gasteiger partial charge in [0, 0.05) is 35.2 Å². The zero-order valence-electron chi connectivity index (χ0n) is 15.2. The minimum absolute atomic E-state index is 0.114. The van der Waals surface area contributed by atoms with E-state index >= 15 is 0 Å². The molecule has 1 N–H and O–H groups in total. The molecule has 0 radical (unpaired) electrons. The van der Waals surface area contributed by atoms with Gasteiger partial charge in [-0.1, -0.05) is 6.07 Å². The average molecular weight is 408 g/mol. The van der Waals surface area contributed by atoms with E-state index in [9.17, 15) is 17.6 Å². The molecule has 0 saturated heterocycles. The summed E-state index contributed by atoms with van der Waals surface area (Å²) < 4.78 is 57.6. The zero-order valence-corrected chi connectivity index (χ0v) is 15.2. The standard InChI is InChI=1S/C22H12F4N4/c23-14-6-13(7-15(24)8-14)19-10-27-20-5-4-12(11-30(19)20)16-9-28-29-22(16)21-17(25)2-1-3-18(21)26/h1-11H,(H,28,29). The third-order valence-corrected chi connectivity index (χ3v) is 4.81. The topological polar surface area (TPSA) is 46.0 Å². The Bertz CT molecular complexity index is 1360. The third-order valence-electron chi connectivity index (χ3n) is 4.81. The lowest BCUT2D eigenvalue weighted by Crippen LogP contribution is -1.94. The summed E-state index contributed by atoms with van der Waals surface area (Å²) in [6, 6.07) is 10.2.